The molecular formula is C12H18N2O2S. The number of hydrogen-bond acceptors (Lipinski definition) is 3. The van der Waals surface area contributed by atoms with Gasteiger partial charge in [-0.15, -0.1) is 0 Å². The smallest absolute Gasteiger partial charge is 0.200 e. The largest absolute Gasteiger partial charge is 0.276 e. The Morgan fingerprint density at radius 3 is 2.59 bits per heavy atom. The number of unbranched alkanes of at least 4 members (excludes halogenated alkanes) is 3. The van der Waals surface area contributed by atoms with E-state index in [1.807, 2.05) is 0 Å². The standard InChI is InChI=1S/C12H18N2O2S/c1-2-3-4-8-11-13-14-17(15,16)12-9-6-5-7-10-12/h5-7,9-11,14H,2-4,8H2,1H3. The molecule has 0 spiro atoms. The Morgan fingerprint density at radius 1 is 1.24 bits per heavy atom. The molecule has 94 valence electrons. The molecule has 0 radical (unpaired) electrons. The van der Waals surface area contributed by atoms with Gasteiger partial charge in [-0.05, 0) is 25.0 Å². The van der Waals surface area contributed by atoms with Crippen molar-refractivity contribution in [1.29, 1.82) is 0 Å². The highest BCUT2D eigenvalue weighted by atomic mass is 32.2. The average molecular weight is 254 g/mol. The van der Waals surface area contributed by atoms with E-state index < -0.39 is 10.0 Å². The Morgan fingerprint density at radius 2 is 1.94 bits per heavy atom. The molecule has 0 aliphatic carbocycles. The predicted molar refractivity (Wildman–Crippen MR) is 69.4 cm³/mol. The third kappa shape index (κ3) is 4.99. The van der Waals surface area contributed by atoms with Gasteiger partial charge in [-0.1, -0.05) is 38.0 Å². The predicted octanol–water partition coefficient (Wildman–Crippen LogP) is 2.53. The fraction of sp³-hybridized carbons (Fsp3) is 0.417. The summed E-state index contributed by atoms with van der Waals surface area (Å²) < 4.78 is 23.4. The van der Waals surface area contributed by atoms with Gasteiger partial charge < -0.3 is 0 Å². The minimum atomic E-state index is -3.50. The normalized spacial score (nSPS) is 11.8. The lowest BCUT2D eigenvalue weighted by Gasteiger charge is -2.02. The Bertz CT molecular complexity index is 441. The lowest BCUT2D eigenvalue weighted by atomic mass is 10.2. The number of nitrogens with zero attached hydrogens (tertiary/aromatic N) is 1. The van der Waals surface area contributed by atoms with Crippen LogP contribution in [-0.2, 0) is 10.0 Å². The van der Waals surface area contributed by atoms with Crippen LogP contribution in [0.5, 0.6) is 0 Å². The summed E-state index contributed by atoms with van der Waals surface area (Å²) in [6.07, 6.45) is 5.72. The van der Waals surface area contributed by atoms with E-state index in [0.29, 0.717) is 0 Å². The highest BCUT2D eigenvalue weighted by Crippen LogP contribution is 2.06. The molecule has 1 aromatic rings. The third-order valence-corrected chi connectivity index (χ3v) is 3.49. The molecule has 0 aromatic heterocycles. The first-order valence-electron chi connectivity index (χ1n) is 5.75. The maximum absolute atomic E-state index is 11.7. The summed E-state index contributed by atoms with van der Waals surface area (Å²) in [5.41, 5.74) is 0. The summed E-state index contributed by atoms with van der Waals surface area (Å²) in [5.74, 6) is 0. The fourth-order valence-corrected chi connectivity index (χ4v) is 2.14. The van der Waals surface area contributed by atoms with Gasteiger partial charge in [-0.25, -0.2) is 4.83 Å². The number of benzene rings is 1. The second-order valence-corrected chi connectivity index (χ2v) is 5.38. The molecule has 0 atom stereocenters. The van der Waals surface area contributed by atoms with Crippen LogP contribution in [0.2, 0.25) is 0 Å². The topological polar surface area (TPSA) is 58.5 Å². The zero-order valence-electron chi connectivity index (χ0n) is 9.96. The van der Waals surface area contributed by atoms with Crippen molar-refractivity contribution >= 4 is 16.2 Å². The van der Waals surface area contributed by atoms with Crippen LogP contribution < -0.4 is 4.83 Å². The molecule has 1 aromatic carbocycles. The van der Waals surface area contributed by atoms with Crippen molar-refractivity contribution in [3.05, 3.63) is 30.3 Å². The van der Waals surface area contributed by atoms with Crippen LogP contribution in [0.25, 0.3) is 0 Å². The molecule has 5 heteroatoms. The second-order valence-electron chi connectivity index (χ2n) is 3.72. The lowest BCUT2D eigenvalue weighted by molar-refractivity contribution is 0.584. The van der Waals surface area contributed by atoms with E-state index >= 15 is 0 Å². The van der Waals surface area contributed by atoms with E-state index in [1.54, 1.807) is 24.4 Å². The second kappa shape index (κ2) is 7.06. The summed E-state index contributed by atoms with van der Waals surface area (Å²) in [4.78, 5) is 2.42. The number of rotatable bonds is 7. The molecule has 0 saturated carbocycles. The van der Waals surface area contributed by atoms with Gasteiger partial charge in [0, 0.05) is 6.21 Å². The van der Waals surface area contributed by atoms with Crippen LogP contribution in [0.4, 0.5) is 0 Å². The number of sulfonamides is 1. The van der Waals surface area contributed by atoms with Gasteiger partial charge in [0.15, 0.2) is 0 Å². The monoisotopic (exact) mass is 254 g/mol. The van der Waals surface area contributed by atoms with Gasteiger partial charge in [-0.2, -0.15) is 13.5 Å². The van der Waals surface area contributed by atoms with E-state index in [0.717, 1.165) is 25.7 Å². The molecule has 0 saturated heterocycles. The highest BCUT2D eigenvalue weighted by Gasteiger charge is 2.10. The van der Waals surface area contributed by atoms with E-state index in [-0.39, 0.29) is 4.90 Å². The summed E-state index contributed by atoms with van der Waals surface area (Å²) in [5, 5.41) is 3.73. The van der Waals surface area contributed by atoms with Crippen molar-refractivity contribution in [1.82, 2.24) is 4.83 Å². The van der Waals surface area contributed by atoms with Gasteiger partial charge >= 0.3 is 0 Å². The van der Waals surface area contributed by atoms with Crippen molar-refractivity contribution < 1.29 is 8.42 Å². The fourth-order valence-electron chi connectivity index (χ4n) is 1.31. The molecule has 0 aliphatic heterocycles. The average Bonchev–Trinajstić information content (AvgIpc) is 2.35. The summed E-state index contributed by atoms with van der Waals surface area (Å²) >= 11 is 0. The molecule has 0 heterocycles. The van der Waals surface area contributed by atoms with Crippen LogP contribution in [0, 0.1) is 0 Å². The van der Waals surface area contributed by atoms with Crippen LogP contribution in [-0.4, -0.2) is 14.6 Å². The summed E-state index contributed by atoms with van der Waals surface area (Å²) in [7, 11) is -3.50. The molecule has 0 fully saturated rings. The Hall–Kier alpha value is -1.36. The van der Waals surface area contributed by atoms with E-state index in [9.17, 15) is 8.42 Å². The Balaban J connectivity index is 2.46. The van der Waals surface area contributed by atoms with Gasteiger partial charge in [0.25, 0.3) is 10.0 Å². The van der Waals surface area contributed by atoms with Crippen LogP contribution in [0.3, 0.4) is 0 Å². The molecule has 1 N–H and O–H groups in total. The van der Waals surface area contributed by atoms with Crippen molar-refractivity contribution in [2.75, 3.05) is 0 Å². The van der Waals surface area contributed by atoms with Gasteiger partial charge in [0.1, 0.15) is 0 Å². The molecule has 0 unspecified atom stereocenters. The van der Waals surface area contributed by atoms with Crippen LogP contribution in [0.15, 0.2) is 40.3 Å². The first-order chi connectivity index (χ1) is 8.17. The Labute approximate surface area is 103 Å². The van der Waals surface area contributed by atoms with Gasteiger partial charge in [0.05, 0.1) is 4.90 Å². The quantitative estimate of drug-likeness (QED) is 0.462. The number of hydrazone groups is 1. The minimum Gasteiger partial charge on any atom is -0.200 e. The molecule has 0 aliphatic rings. The molecule has 0 amide bonds. The molecule has 4 nitrogen and oxygen atoms in total. The van der Waals surface area contributed by atoms with Gasteiger partial charge in [-0.3, -0.25) is 0 Å². The minimum absolute atomic E-state index is 0.228. The van der Waals surface area contributed by atoms with E-state index in [2.05, 4.69) is 16.9 Å². The first-order valence-corrected chi connectivity index (χ1v) is 7.23. The van der Waals surface area contributed by atoms with Gasteiger partial charge in [0.2, 0.25) is 0 Å². The number of nitrogens with one attached hydrogen (secondary N) is 1. The maximum Gasteiger partial charge on any atom is 0.276 e. The van der Waals surface area contributed by atoms with Crippen molar-refractivity contribution in [2.24, 2.45) is 5.10 Å². The first kappa shape index (κ1) is 13.7. The molecular weight excluding hydrogens is 236 g/mol. The zero-order valence-corrected chi connectivity index (χ0v) is 10.8. The van der Waals surface area contributed by atoms with Crippen molar-refractivity contribution in [2.45, 2.75) is 37.5 Å². The highest BCUT2D eigenvalue weighted by molar-refractivity contribution is 7.89. The van der Waals surface area contributed by atoms with Crippen molar-refractivity contribution in [3.63, 3.8) is 0 Å². The van der Waals surface area contributed by atoms with E-state index in [4.69, 9.17) is 0 Å². The van der Waals surface area contributed by atoms with Crippen LogP contribution in [0.1, 0.15) is 32.6 Å². The summed E-state index contributed by atoms with van der Waals surface area (Å²) in [6, 6.07) is 8.20. The lowest BCUT2D eigenvalue weighted by Crippen LogP contribution is -2.18. The Kier molecular flexibility index (Phi) is 5.69. The maximum atomic E-state index is 11.7. The SMILES string of the molecule is CCCCCC=NNS(=O)(=O)c1ccccc1. The molecule has 1 rings (SSSR count). The molecule has 17 heavy (non-hydrogen) atoms. The zero-order chi connectivity index (χ0) is 12.6. The number of hydrogen-bond donors (Lipinski definition) is 1. The molecule has 0 bridgehead atoms. The summed E-state index contributed by atoms with van der Waals surface area (Å²) in [6.45, 7) is 2.12. The van der Waals surface area contributed by atoms with E-state index in [1.165, 1.54) is 12.1 Å². The van der Waals surface area contributed by atoms with Crippen molar-refractivity contribution in [3.8, 4) is 0 Å². The third-order valence-electron chi connectivity index (χ3n) is 2.25. The van der Waals surface area contributed by atoms with Crippen LogP contribution >= 0.6 is 0 Å².